The molecule has 0 spiro atoms. The number of nitrogen functional groups attached to an aromatic ring is 1. The number of aromatic nitrogens is 3. The van der Waals surface area contributed by atoms with Gasteiger partial charge in [0.25, 0.3) is 5.91 Å². The molecule has 0 radical (unpaired) electrons. The number of hydrogen-bond acceptors (Lipinski definition) is 6. The summed E-state index contributed by atoms with van der Waals surface area (Å²) in [4.78, 5) is 19.3. The van der Waals surface area contributed by atoms with Crippen molar-refractivity contribution in [3.63, 3.8) is 0 Å². The van der Waals surface area contributed by atoms with Gasteiger partial charge in [-0.25, -0.2) is 9.37 Å². The normalized spacial score (nSPS) is 13.4. The summed E-state index contributed by atoms with van der Waals surface area (Å²) in [5.41, 5.74) is 7.46. The Morgan fingerprint density at radius 1 is 1.26 bits per heavy atom. The molecular weight excluding hydrogens is 399 g/mol. The number of amides is 1. The third kappa shape index (κ3) is 4.60. The summed E-state index contributed by atoms with van der Waals surface area (Å²) in [7, 11) is 1.39. The maximum atomic E-state index is 14.3. The zero-order valence-corrected chi connectivity index (χ0v) is 17.3. The average molecular weight is 424 g/mol. The minimum Gasteiger partial charge on any atom is -0.494 e. The predicted molar refractivity (Wildman–Crippen MR) is 116 cm³/mol. The second-order valence-electron chi connectivity index (χ2n) is 7.46. The molecule has 0 saturated carbocycles. The molecule has 1 saturated heterocycles. The lowest BCUT2D eigenvalue weighted by Gasteiger charge is -2.16. The molecule has 1 aliphatic rings. The molecule has 1 amide bonds. The number of rotatable bonds is 7. The maximum Gasteiger partial charge on any atom is 0.256 e. The highest BCUT2D eigenvalue weighted by atomic mass is 19.1. The van der Waals surface area contributed by atoms with E-state index in [2.05, 4.69) is 20.3 Å². The third-order valence-corrected chi connectivity index (χ3v) is 5.32. The van der Waals surface area contributed by atoms with E-state index in [0.717, 1.165) is 24.5 Å². The highest BCUT2D eigenvalue weighted by Crippen LogP contribution is 2.20. The lowest BCUT2D eigenvalue weighted by molar-refractivity contribution is 0.0951. The first-order valence-electron chi connectivity index (χ1n) is 10.2. The van der Waals surface area contributed by atoms with E-state index in [1.165, 1.54) is 26.0 Å². The number of carbonyl (C=O) groups is 1. The van der Waals surface area contributed by atoms with Gasteiger partial charge in [-0.2, -0.15) is 5.10 Å². The van der Waals surface area contributed by atoms with E-state index >= 15 is 0 Å². The number of pyridine rings is 1. The predicted octanol–water partition coefficient (Wildman–Crippen LogP) is 2.59. The fraction of sp³-hybridized carbons (Fsp3) is 0.318. The van der Waals surface area contributed by atoms with Gasteiger partial charge in [-0.15, -0.1) is 0 Å². The van der Waals surface area contributed by atoms with Crippen molar-refractivity contribution in [2.75, 3.05) is 30.8 Å². The Hall–Kier alpha value is -3.62. The Morgan fingerprint density at radius 3 is 2.77 bits per heavy atom. The van der Waals surface area contributed by atoms with Crippen molar-refractivity contribution in [1.29, 1.82) is 0 Å². The van der Waals surface area contributed by atoms with E-state index in [1.54, 1.807) is 23.0 Å². The van der Waals surface area contributed by atoms with Crippen molar-refractivity contribution in [3.8, 4) is 5.75 Å². The van der Waals surface area contributed by atoms with Crippen LogP contribution in [0.2, 0.25) is 0 Å². The largest absolute Gasteiger partial charge is 0.494 e. The first kappa shape index (κ1) is 20.6. The number of nitrogens with zero attached hydrogens (tertiary/aromatic N) is 4. The molecule has 4 rings (SSSR count). The van der Waals surface area contributed by atoms with Gasteiger partial charge in [-0.05, 0) is 30.5 Å². The van der Waals surface area contributed by atoms with Crippen LogP contribution in [0, 0.1) is 5.82 Å². The van der Waals surface area contributed by atoms with Gasteiger partial charge in [-0.3, -0.25) is 9.48 Å². The molecule has 1 aromatic carbocycles. The van der Waals surface area contributed by atoms with Crippen LogP contribution in [0.4, 0.5) is 16.0 Å². The van der Waals surface area contributed by atoms with Gasteiger partial charge in [-0.1, -0.05) is 18.2 Å². The summed E-state index contributed by atoms with van der Waals surface area (Å²) in [6.07, 6.45) is 5.80. The fourth-order valence-electron chi connectivity index (χ4n) is 3.64. The molecule has 1 aliphatic heterocycles. The number of nitrogens with two attached hydrogens (primary N) is 1. The number of ether oxygens (including phenoxy) is 1. The second-order valence-corrected chi connectivity index (χ2v) is 7.46. The van der Waals surface area contributed by atoms with Gasteiger partial charge in [0.2, 0.25) is 0 Å². The van der Waals surface area contributed by atoms with E-state index in [-0.39, 0.29) is 23.7 Å². The molecular formula is C22H25FN6O2. The van der Waals surface area contributed by atoms with Gasteiger partial charge in [0.05, 0.1) is 13.7 Å². The molecule has 1 fully saturated rings. The van der Waals surface area contributed by atoms with E-state index < -0.39 is 11.7 Å². The Labute approximate surface area is 179 Å². The maximum absolute atomic E-state index is 14.3. The Bertz CT molecular complexity index is 1060. The van der Waals surface area contributed by atoms with Crippen LogP contribution in [-0.2, 0) is 13.1 Å². The highest BCUT2D eigenvalue weighted by Gasteiger charge is 2.17. The van der Waals surface area contributed by atoms with Crippen molar-refractivity contribution in [3.05, 3.63) is 65.2 Å². The number of halogens is 1. The molecule has 0 unspecified atom stereocenters. The zero-order chi connectivity index (χ0) is 21.8. The summed E-state index contributed by atoms with van der Waals surface area (Å²) in [5, 5.41) is 6.91. The monoisotopic (exact) mass is 424 g/mol. The molecule has 3 heterocycles. The van der Waals surface area contributed by atoms with Gasteiger partial charge in [0.1, 0.15) is 11.4 Å². The standard InChI is InChI=1S/C22H25FN6O2/c1-31-18-6-4-5-16(20(18)23)12-26-22(30)17-14-29(27-21(17)24)13-15-7-8-19(25-11-15)28-9-2-3-10-28/h4-8,11,14H,2-3,9-10,12-13H2,1H3,(H2,24,27)(H,26,30). The summed E-state index contributed by atoms with van der Waals surface area (Å²) in [6, 6.07) is 8.78. The van der Waals surface area contributed by atoms with E-state index in [9.17, 15) is 9.18 Å². The van der Waals surface area contributed by atoms with Crippen LogP contribution < -0.4 is 20.7 Å². The number of carbonyl (C=O) groups excluding carboxylic acids is 1. The van der Waals surface area contributed by atoms with Crippen LogP contribution in [0.15, 0.2) is 42.7 Å². The van der Waals surface area contributed by atoms with E-state index in [0.29, 0.717) is 12.1 Å². The van der Waals surface area contributed by atoms with Crippen molar-refractivity contribution in [2.45, 2.75) is 25.9 Å². The highest BCUT2D eigenvalue weighted by molar-refractivity contribution is 5.98. The van der Waals surface area contributed by atoms with Gasteiger partial charge < -0.3 is 20.7 Å². The molecule has 9 heteroatoms. The van der Waals surface area contributed by atoms with E-state index in [1.807, 2.05) is 18.3 Å². The first-order chi connectivity index (χ1) is 15.0. The molecule has 0 aliphatic carbocycles. The number of anilines is 2. The van der Waals surface area contributed by atoms with Gasteiger partial charge >= 0.3 is 0 Å². The molecule has 0 atom stereocenters. The van der Waals surface area contributed by atoms with Crippen molar-refractivity contribution >= 4 is 17.5 Å². The van der Waals surface area contributed by atoms with Crippen LogP contribution in [0.5, 0.6) is 5.75 Å². The first-order valence-corrected chi connectivity index (χ1v) is 10.2. The third-order valence-electron chi connectivity index (χ3n) is 5.32. The molecule has 0 bridgehead atoms. The topological polar surface area (TPSA) is 98.3 Å². The van der Waals surface area contributed by atoms with Gasteiger partial charge in [0, 0.05) is 37.6 Å². The zero-order valence-electron chi connectivity index (χ0n) is 17.3. The number of hydrogen-bond donors (Lipinski definition) is 2. The van der Waals surface area contributed by atoms with Crippen molar-refractivity contribution < 1.29 is 13.9 Å². The van der Waals surface area contributed by atoms with Gasteiger partial charge in [0.15, 0.2) is 17.4 Å². The molecule has 3 N–H and O–H groups in total. The minimum absolute atomic E-state index is 0.00830. The Balaban J connectivity index is 1.39. The lowest BCUT2D eigenvalue weighted by Crippen LogP contribution is -2.23. The average Bonchev–Trinajstić information content (AvgIpc) is 3.43. The summed E-state index contributed by atoms with van der Waals surface area (Å²) >= 11 is 0. The van der Waals surface area contributed by atoms with Crippen LogP contribution in [0.3, 0.4) is 0 Å². The van der Waals surface area contributed by atoms with Crippen molar-refractivity contribution in [1.82, 2.24) is 20.1 Å². The summed E-state index contributed by atoms with van der Waals surface area (Å²) < 4.78 is 20.8. The SMILES string of the molecule is COc1cccc(CNC(=O)c2cn(Cc3ccc(N4CCCC4)nc3)nc2N)c1F. The van der Waals surface area contributed by atoms with Crippen molar-refractivity contribution in [2.24, 2.45) is 0 Å². The quantitative estimate of drug-likeness (QED) is 0.605. The summed E-state index contributed by atoms with van der Waals surface area (Å²) in [5.74, 6) is 0.298. The molecule has 162 valence electrons. The number of nitrogens with one attached hydrogen (secondary N) is 1. The van der Waals surface area contributed by atoms with Crippen LogP contribution in [0.1, 0.15) is 34.3 Å². The fourth-order valence-corrected chi connectivity index (χ4v) is 3.64. The summed E-state index contributed by atoms with van der Waals surface area (Å²) in [6.45, 7) is 2.53. The molecule has 31 heavy (non-hydrogen) atoms. The smallest absolute Gasteiger partial charge is 0.256 e. The minimum atomic E-state index is -0.501. The number of methoxy groups -OCH3 is 1. The molecule has 3 aromatic rings. The lowest BCUT2D eigenvalue weighted by atomic mass is 10.2. The molecule has 8 nitrogen and oxygen atoms in total. The Morgan fingerprint density at radius 2 is 2.06 bits per heavy atom. The Kier molecular flexibility index (Phi) is 6.01. The number of benzene rings is 1. The van der Waals surface area contributed by atoms with Crippen LogP contribution >= 0.6 is 0 Å². The van der Waals surface area contributed by atoms with Crippen LogP contribution in [0.25, 0.3) is 0 Å². The van der Waals surface area contributed by atoms with Crippen LogP contribution in [-0.4, -0.2) is 40.9 Å². The second kappa shape index (κ2) is 9.03. The molecule has 2 aromatic heterocycles. The van der Waals surface area contributed by atoms with E-state index in [4.69, 9.17) is 10.5 Å².